The lowest BCUT2D eigenvalue weighted by Crippen LogP contribution is -2.38. The van der Waals surface area contributed by atoms with E-state index in [0.29, 0.717) is 6.42 Å². The fourth-order valence-electron chi connectivity index (χ4n) is 2.30. The predicted molar refractivity (Wildman–Crippen MR) is 57.5 cm³/mol. The van der Waals surface area contributed by atoms with E-state index in [2.05, 4.69) is 0 Å². The van der Waals surface area contributed by atoms with Gasteiger partial charge in [0, 0.05) is 6.04 Å². The molecule has 2 rings (SSSR count). The summed E-state index contributed by atoms with van der Waals surface area (Å²) >= 11 is 0. The van der Waals surface area contributed by atoms with Crippen LogP contribution in [0.3, 0.4) is 0 Å². The summed E-state index contributed by atoms with van der Waals surface area (Å²) in [4.78, 5) is 1.54. The summed E-state index contributed by atoms with van der Waals surface area (Å²) in [5, 5.41) is 10.0. The first-order chi connectivity index (χ1) is 7.59. The molecule has 1 N–H and O–H groups in total. The van der Waals surface area contributed by atoms with Gasteiger partial charge in [0.25, 0.3) is 6.43 Å². The highest BCUT2D eigenvalue weighted by Gasteiger charge is 2.33. The highest BCUT2D eigenvalue weighted by Crippen LogP contribution is 2.33. The van der Waals surface area contributed by atoms with E-state index < -0.39 is 12.5 Å². The third kappa shape index (κ3) is 2.08. The second-order valence-corrected chi connectivity index (χ2v) is 4.25. The Kier molecular flexibility index (Phi) is 3.21. The third-order valence-corrected chi connectivity index (χ3v) is 3.16. The van der Waals surface area contributed by atoms with Gasteiger partial charge in [-0.25, -0.2) is 8.78 Å². The Morgan fingerprint density at radius 2 is 2.12 bits per heavy atom. The summed E-state index contributed by atoms with van der Waals surface area (Å²) in [7, 11) is 1.63. The van der Waals surface area contributed by atoms with E-state index >= 15 is 0 Å². The molecular formula is C12H15F2NO. The van der Waals surface area contributed by atoms with E-state index in [1.54, 1.807) is 7.05 Å². The Morgan fingerprint density at radius 1 is 1.44 bits per heavy atom. The Morgan fingerprint density at radius 3 is 2.75 bits per heavy atom. The van der Waals surface area contributed by atoms with E-state index in [9.17, 15) is 13.9 Å². The molecule has 0 aliphatic heterocycles. The average Bonchev–Trinajstić information content (AvgIpc) is 2.56. The lowest BCUT2D eigenvalue weighted by molar-refractivity contribution is 0.0324. The van der Waals surface area contributed by atoms with Crippen LogP contribution >= 0.6 is 0 Å². The van der Waals surface area contributed by atoms with Crippen LogP contribution in [-0.2, 0) is 6.42 Å². The molecule has 1 aromatic carbocycles. The number of alkyl halides is 2. The standard InChI is InChI=1S/C12H15F2NO/c1-15(7-11(13)14)10-6-8-4-2-3-5-9(8)12(10)16/h2-5,10-12,16H,6-7H2,1H3. The van der Waals surface area contributed by atoms with Gasteiger partial charge in [0.2, 0.25) is 0 Å². The van der Waals surface area contributed by atoms with Crippen LogP contribution in [0, 0.1) is 0 Å². The van der Waals surface area contributed by atoms with E-state index in [-0.39, 0.29) is 12.6 Å². The molecule has 0 fully saturated rings. The lowest BCUT2D eigenvalue weighted by atomic mass is 10.1. The quantitative estimate of drug-likeness (QED) is 0.851. The first kappa shape index (κ1) is 11.5. The minimum Gasteiger partial charge on any atom is -0.387 e. The number of likely N-dealkylation sites (N-methyl/N-ethyl adjacent to an activating group) is 1. The zero-order chi connectivity index (χ0) is 11.7. The number of nitrogens with zero attached hydrogens (tertiary/aromatic N) is 1. The molecule has 1 aromatic rings. The highest BCUT2D eigenvalue weighted by molar-refractivity contribution is 5.35. The van der Waals surface area contributed by atoms with Crippen molar-refractivity contribution < 1.29 is 13.9 Å². The largest absolute Gasteiger partial charge is 0.387 e. The van der Waals surface area contributed by atoms with Crippen molar-refractivity contribution in [3.8, 4) is 0 Å². The van der Waals surface area contributed by atoms with Gasteiger partial charge in [-0.05, 0) is 24.6 Å². The molecule has 0 amide bonds. The van der Waals surface area contributed by atoms with E-state index in [1.807, 2.05) is 24.3 Å². The molecule has 2 nitrogen and oxygen atoms in total. The van der Waals surface area contributed by atoms with Gasteiger partial charge in [-0.15, -0.1) is 0 Å². The van der Waals surface area contributed by atoms with Gasteiger partial charge in [-0.1, -0.05) is 24.3 Å². The Hall–Kier alpha value is -1.00. The van der Waals surface area contributed by atoms with Crippen LogP contribution < -0.4 is 0 Å². The predicted octanol–water partition coefficient (Wildman–Crippen LogP) is 1.84. The fraction of sp³-hybridized carbons (Fsp3) is 0.500. The van der Waals surface area contributed by atoms with Crippen LogP contribution in [0.5, 0.6) is 0 Å². The second-order valence-electron chi connectivity index (χ2n) is 4.25. The molecule has 0 saturated heterocycles. The van der Waals surface area contributed by atoms with Crippen LogP contribution in [0.25, 0.3) is 0 Å². The maximum absolute atomic E-state index is 12.3. The molecule has 0 heterocycles. The third-order valence-electron chi connectivity index (χ3n) is 3.16. The topological polar surface area (TPSA) is 23.5 Å². The zero-order valence-corrected chi connectivity index (χ0v) is 9.11. The molecule has 0 bridgehead atoms. The van der Waals surface area contributed by atoms with Gasteiger partial charge in [0.05, 0.1) is 12.6 Å². The summed E-state index contributed by atoms with van der Waals surface area (Å²) in [5.74, 6) is 0. The molecule has 0 radical (unpaired) electrons. The number of hydrogen-bond acceptors (Lipinski definition) is 2. The van der Waals surface area contributed by atoms with Gasteiger partial charge in [-0.2, -0.15) is 0 Å². The van der Waals surface area contributed by atoms with Crippen molar-refractivity contribution in [2.24, 2.45) is 0 Å². The number of benzene rings is 1. The van der Waals surface area contributed by atoms with Gasteiger partial charge in [0.1, 0.15) is 0 Å². The van der Waals surface area contributed by atoms with Crippen molar-refractivity contribution in [1.29, 1.82) is 0 Å². The maximum Gasteiger partial charge on any atom is 0.251 e. The van der Waals surface area contributed by atoms with Gasteiger partial charge >= 0.3 is 0 Å². The number of aliphatic hydroxyl groups excluding tert-OH is 1. The maximum atomic E-state index is 12.3. The summed E-state index contributed by atoms with van der Waals surface area (Å²) in [6.45, 7) is -0.296. The summed E-state index contributed by atoms with van der Waals surface area (Å²) in [6, 6.07) is 7.33. The minimum absolute atomic E-state index is 0.230. The molecule has 0 spiro atoms. The number of aliphatic hydroxyl groups is 1. The van der Waals surface area contributed by atoms with Gasteiger partial charge in [0.15, 0.2) is 0 Å². The van der Waals surface area contributed by atoms with Crippen molar-refractivity contribution in [2.75, 3.05) is 13.6 Å². The van der Waals surface area contributed by atoms with Crippen LogP contribution in [-0.4, -0.2) is 36.1 Å². The van der Waals surface area contributed by atoms with Crippen molar-refractivity contribution >= 4 is 0 Å². The zero-order valence-electron chi connectivity index (χ0n) is 9.11. The summed E-state index contributed by atoms with van der Waals surface area (Å²) in [5.41, 5.74) is 1.93. The van der Waals surface area contributed by atoms with Gasteiger partial charge in [-0.3, -0.25) is 4.90 Å². The minimum atomic E-state index is -2.36. The number of halogens is 2. The number of hydrogen-bond donors (Lipinski definition) is 1. The van der Waals surface area contributed by atoms with Crippen LogP contribution in [0.1, 0.15) is 17.2 Å². The van der Waals surface area contributed by atoms with Crippen molar-refractivity contribution in [3.63, 3.8) is 0 Å². The van der Waals surface area contributed by atoms with Crippen LogP contribution in [0.2, 0.25) is 0 Å². The van der Waals surface area contributed by atoms with Crippen molar-refractivity contribution in [1.82, 2.24) is 4.90 Å². The Labute approximate surface area is 93.5 Å². The highest BCUT2D eigenvalue weighted by atomic mass is 19.3. The van der Waals surface area contributed by atoms with Crippen molar-refractivity contribution in [3.05, 3.63) is 35.4 Å². The molecule has 2 atom stereocenters. The van der Waals surface area contributed by atoms with Crippen LogP contribution in [0.4, 0.5) is 8.78 Å². The molecule has 2 unspecified atom stereocenters. The van der Waals surface area contributed by atoms with E-state index in [1.165, 1.54) is 4.90 Å². The van der Waals surface area contributed by atoms with Gasteiger partial charge < -0.3 is 5.11 Å². The first-order valence-corrected chi connectivity index (χ1v) is 5.34. The fourth-order valence-corrected chi connectivity index (χ4v) is 2.30. The second kappa shape index (κ2) is 4.47. The van der Waals surface area contributed by atoms with Crippen LogP contribution in [0.15, 0.2) is 24.3 Å². The number of fused-ring (bicyclic) bond motifs is 1. The molecule has 0 saturated carbocycles. The van der Waals surface area contributed by atoms with E-state index in [0.717, 1.165) is 11.1 Å². The molecule has 4 heteroatoms. The van der Waals surface area contributed by atoms with E-state index in [4.69, 9.17) is 0 Å². The molecular weight excluding hydrogens is 212 g/mol. The normalized spacial score (nSPS) is 24.1. The SMILES string of the molecule is CN(CC(F)F)C1Cc2ccccc2C1O. The molecule has 1 aliphatic carbocycles. The molecule has 0 aromatic heterocycles. The smallest absolute Gasteiger partial charge is 0.251 e. The average molecular weight is 227 g/mol. The molecule has 16 heavy (non-hydrogen) atoms. The monoisotopic (exact) mass is 227 g/mol. The summed E-state index contributed by atoms with van der Waals surface area (Å²) < 4.78 is 24.5. The Bertz CT molecular complexity index is 370. The first-order valence-electron chi connectivity index (χ1n) is 5.34. The summed E-state index contributed by atoms with van der Waals surface area (Å²) in [6.07, 6.45) is -2.37. The van der Waals surface area contributed by atoms with Crippen molar-refractivity contribution in [2.45, 2.75) is 25.0 Å². The Balaban J connectivity index is 2.12. The molecule has 88 valence electrons. The molecule has 1 aliphatic rings. The number of rotatable bonds is 3. The lowest BCUT2D eigenvalue weighted by Gasteiger charge is -2.26.